The predicted molar refractivity (Wildman–Crippen MR) is 56.5 cm³/mol. The summed E-state index contributed by atoms with van der Waals surface area (Å²) < 4.78 is 0. The lowest BCUT2D eigenvalue weighted by molar-refractivity contribution is 0.500. The van der Waals surface area contributed by atoms with Crippen LogP contribution in [0.4, 0.5) is 5.95 Å². The van der Waals surface area contributed by atoms with Crippen molar-refractivity contribution in [2.45, 2.75) is 18.9 Å². The van der Waals surface area contributed by atoms with Gasteiger partial charge in [0.25, 0.3) is 0 Å². The molecule has 76 valence electrons. The highest BCUT2D eigenvalue weighted by Crippen LogP contribution is 2.16. The molecule has 1 fully saturated rings. The second kappa shape index (κ2) is 4.11. The van der Waals surface area contributed by atoms with Crippen LogP contribution in [0.3, 0.4) is 0 Å². The zero-order chi connectivity index (χ0) is 9.97. The quantitative estimate of drug-likeness (QED) is 0.708. The minimum absolute atomic E-state index is 0.228. The summed E-state index contributed by atoms with van der Waals surface area (Å²) in [5.41, 5.74) is 5.87. The zero-order valence-electron chi connectivity index (χ0n) is 7.86. The average molecular weight is 213 g/mol. The van der Waals surface area contributed by atoms with Crippen LogP contribution in [0.1, 0.15) is 12.8 Å². The minimum Gasteiger partial charge on any atom is -0.339 e. The van der Waals surface area contributed by atoms with E-state index >= 15 is 0 Å². The van der Waals surface area contributed by atoms with Gasteiger partial charge in [0.2, 0.25) is 5.95 Å². The van der Waals surface area contributed by atoms with Crippen molar-refractivity contribution in [2.75, 3.05) is 18.0 Å². The van der Waals surface area contributed by atoms with E-state index in [1.54, 1.807) is 12.3 Å². The highest BCUT2D eigenvalue weighted by atomic mass is 35.5. The number of piperidine rings is 1. The molecule has 4 nitrogen and oxygen atoms in total. The van der Waals surface area contributed by atoms with Crippen molar-refractivity contribution in [3.63, 3.8) is 0 Å². The summed E-state index contributed by atoms with van der Waals surface area (Å²) in [5, 5.41) is 0.481. The van der Waals surface area contributed by atoms with Crippen LogP contribution >= 0.6 is 11.6 Å². The monoisotopic (exact) mass is 212 g/mol. The first-order valence-electron chi connectivity index (χ1n) is 4.75. The van der Waals surface area contributed by atoms with Crippen molar-refractivity contribution >= 4 is 17.5 Å². The third kappa shape index (κ3) is 2.13. The van der Waals surface area contributed by atoms with Crippen LogP contribution in [0.25, 0.3) is 0 Å². The van der Waals surface area contributed by atoms with Crippen LogP contribution in [0.5, 0.6) is 0 Å². The molecule has 1 atom stereocenters. The Balaban J connectivity index is 2.14. The van der Waals surface area contributed by atoms with Crippen LogP contribution in [0.15, 0.2) is 12.3 Å². The predicted octanol–water partition coefficient (Wildman–Crippen LogP) is 1.06. The fourth-order valence-electron chi connectivity index (χ4n) is 1.67. The molecule has 0 spiro atoms. The summed E-state index contributed by atoms with van der Waals surface area (Å²) in [7, 11) is 0. The Bertz CT molecular complexity index is 317. The minimum atomic E-state index is 0.228. The van der Waals surface area contributed by atoms with Crippen molar-refractivity contribution in [1.29, 1.82) is 0 Å². The first-order valence-corrected chi connectivity index (χ1v) is 5.12. The number of nitrogens with zero attached hydrogens (tertiary/aromatic N) is 3. The van der Waals surface area contributed by atoms with Crippen molar-refractivity contribution in [2.24, 2.45) is 5.73 Å². The Morgan fingerprint density at radius 1 is 1.57 bits per heavy atom. The molecule has 14 heavy (non-hydrogen) atoms. The number of hydrogen-bond donors (Lipinski definition) is 1. The summed E-state index contributed by atoms with van der Waals surface area (Å²) in [6.45, 7) is 1.79. The van der Waals surface area contributed by atoms with Crippen LogP contribution in [-0.2, 0) is 0 Å². The first kappa shape index (κ1) is 9.68. The summed E-state index contributed by atoms with van der Waals surface area (Å²) in [6.07, 6.45) is 3.85. The molecular weight excluding hydrogens is 200 g/mol. The van der Waals surface area contributed by atoms with Gasteiger partial charge in [-0.15, -0.1) is 0 Å². The van der Waals surface area contributed by atoms with Gasteiger partial charge in [-0.3, -0.25) is 0 Å². The summed E-state index contributed by atoms with van der Waals surface area (Å²) in [4.78, 5) is 10.4. The number of anilines is 1. The normalized spacial score (nSPS) is 22.4. The highest BCUT2D eigenvalue weighted by Gasteiger charge is 2.18. The van der Waals surface area contributed by atoms with Gasteiger partial charge in [-0.25, -0.2) is 9.97 Å². The summed E-state index contributed by atoms with van der Waals surface area (Å²) >= 11 is 5.79. The molecule has 0 aromatic carbocycles. The highest BCUT2D eigenvalue weighted by molar-refractivity contribution is 6.29. The molecule has 2 heterocycles. The molecule has 2 rings (SSSR count). The van der Waals surface area contributed by atoms with Gasteiger partial charge in [0.1, 0.15) is 5.15 Å². The van der Waals surface area contributed by atoms with Gasteiger partial charge in [0, 0.05) is 25.3 Å². The fourth-order valence-corrected chi connectivity index (χ4v) is 1.80. The van der Waals surface area contributed by atoms with Gasteiger partial charge >= 0.3 is 0 Å². The molecule has 1 aliphatic rings. The maximum Gasteiger partial charge on any atom is 0.226 e. The van der Waals surface area contributed by atoms with Gasteiger partial charge in [0.15, 0.2) is 0 Å². The van der Waals surface area contributed by atoms with Gasteiger partial charge in [0.05, 0.1) is 0 Å². The average Bonchev–Trinajstić information content (AvgIpc) is 2.18. The summed E-state index contributed by atoms with van der Waals surface area (Å²) in [6, 6.07) is 1.90. The summed E-state index contributed by atoms with van der Waals surface area (Å²) in [5.74, 6) is 0.688. The smallest absolute Gasteiger partial charge is 0.226 e. The lowest BCUT2D eigenvalue weighted by atomic mass is 10.1. The Hall–Kier alpha value is -0.870. The molecule has 0 saturated carbocycles. The number of rotatable bonds is 1. The number of halogens is 1. The lowest BCUT2D eigenvalue weighted by Crippen LogP contribution is -2.43. The second-order valence-electron chi connectivity index (χ2n) is 3.53. The van der Waals surface area contributed by atoms with Gasteiger partial charge in [-0.1, -0.05) is 11.6 Å². The fraction of sp³-hybridized carbons (Fsp3) is 0.556. The molecule has 0 radical (unpaired) electrons. The van der Waals surface area contributed by atoms with E-state index in [0.29, 0.717) is 11.1 Å². The Labute approximate surface area is 88.1 Å². The van der Waals surface area contributed by atoms with Crippen LogP contribution in [0.2, 0.25) is 5.15 Å². The van der Waals surface area contributed by atoms with E-state index in [-0.39, 0.29) is 6.04 Å². The SMILES string of the molecule is NC1CCCN(c2nccc(Cl)n2)C1. The Morgan fingerprint density at radius 2 is 2.43 bits per heavy atom. The van der Waals surface area contributed by atoms with E-state index in [2.05, 4.69) is 14.9 Å². The van der Waals surface area contributed by atoms with E-state index < -0.39 is 0 Å². The number of nitrogens with two attached hydrogens (primary N) is 1. The van der Waals surface area contributed by atoms with Crippen LogP contribution < -0.4 is 10.6 Å². The lowest BCUT2D eigenvalue weighted by Gasteiger charge is -2.30. The third-order valence-electron chi connectivity index (χ3n) is 2.35. The molecule has 1 aliphatic heterocycles. The van der Waals surface area contributed by atoms with E-state index in [1.165, 1.54) is 0 Å². The molecular formula is C9H13ClN4. The van der Waals surface area contributed by atoms with Crippen LogP contribution in [0, 0.1) is 0 Å². The van der Waals surface area contributed by atoms with Gasteiger partial charge in [-0.05, 0) is 18.9 Å². The van der Waals surface area contributed by atoms with Crippen molar-refractivity contribution in [3.8, 4) is 0 Å². The van der Waals surface area contributed by atoms with Crippen molar-refractivity contribution < 1.29 is 0 Å². The van der Waals surface area contributed by atoms with Crippen molar-refractivity contribution in [3.05, 3.63) is 17.4 Å². The third-order valence-corrected chi connectivity index (χ3v) is 2.56. The topological polar surface area (TPSA) is 55.0 Å². The molecule has 1 saturated heterocycles. The second-order valence-corrected chi connectivity index (χ2v) is 3.91. The van der Waals surface area contributed by atoms with E-state index in [9.17, 15) is 0 Å². The van der Waals surface area contributed by atoms with Gasteiger partial charge in [-0.2, -0.15) is 0 Å². The van der Waals surface area contributed by atoms with Crippen molar-refractivity contribution in [1.82, 2.24) is 9.97 Å². The maximum atomic E-state index is 5.87. The molecule has 0 bridgehead atoms. The Kier molecular flexibility index (Phi) is 2.84. The Morgan fingerprint density at radius 3 is 3.14 bits per heavy atom. The van der Waals surface area contributed by atoms with Crippen LogP contribution in [-0.4, -0.2) is 29.1 Å². The number of hydrogen-bond acceptors (Lipinski definition) is 4. The van der Waals surface area contributed by atoms with E-state index in [0.717, 1.165) is 25.9 Å². The largest absolute Gasteiger partial charge is 0.339 e. The molecule has 2 N–H and O–H groups in total. The van der Waals surface area contributed by atoms with E-state index in [4.69, 9.17) is 17.3 Å². The molecule has 5 heteroatoms. The zero-order valence-corrected chi connectivity index (χ0v) is 8.61. The molecule has 0 aliphatic carbocycles. The molecule has 0 amide bonds. The van der Waals surface area contributed by atoms with E-state index in [1.807, 2.05) is 0 Å². The number of aromatic nitrogens is 2. The molecule has 1 unspecified atom stereocenters. The molecule has 1 aromatic rings. The first-order chi connectivity index (χ1) is 6.75. The van der Waals surface area contributed by atoms with Gasteiger partial charge < -0.3 is 10.6 Å². The maximum absolute atomic E-state index is 5.87. The standard InChI is InChI=1S/C9H13ClN4/c10-8-3-4-12-9(13-8)14-5-1-2-7(11)6-14/h3-4,7H,1-2,5-6,11H2. The molecule has 1 aromatic heterocycles.